The van der Waals surface area contributed by atoms with Gasteiger partial charge in [0.1, 0.15) is 11.5 Å². The highest BCUT2D eigenvalue weighted by molar-refractivity contribution is 5.92. The Kier molecular flexibility index (Phi) is 6.72. The molecule has 1 unspecified atom stereocenters. The lowest BCUT2D eigenvalue weighted by Gasteiger charge is -2.39. The fourth-order valence-corrected chi connectivity index (χ4v) is 4.25. The molecule has 2 aliphatic rings. The first-order valence-corrected chi connectivity index (χ1v) is 10.9. The molecular weight excluding hydrogens is 413 g/mol. The van der Waals surface area contributed by atoms with E-state index in [4.69, 9.17) is 0 Å². The summed E-state index contributed by atoms with van der Waals surface area (Å²) in [5.74, 6) is -0.753. The van der Waals surface area contributed by atoms with Crippen molar-refractivity contribution in [1.29, 1.82) is 0 Å². The normalized spacial score (nSPS) is 19.0. The number of hydrogen-bond acceptors (Lipinski definition) is 5. The van der Waals surface area contributed by atoms with Crippen LogP contribution < -0.4 is 0 Å². The van der Waals surface area contributed by atoms with Gasteiger partial charge in [-0.25, -0.2) is 9.37 Å². The van der Waals surface area contributed by atoms with Crippen LogP contribution in [0.4, 0.5) is 4.39 Å². The Balaban J connectivity index is 1.29. The molecule has 0 aliphatic carbocycles. The third-order valence-electron chi connectivity index (χ3n) is 6.05. The van der Waals surface area contributed by atoms with Gasteiger partial charge in [0.25, 0.3) is 5.91 Å². The maximum Gasteiger partial charge on any atom is 0.274 e. The van der Waals surface area contributed by atoms with Gasteiger partial charge in [0, 0.05) is 51.7 Å². The molecule has 1 aromatic heterocycles. The Morgan fingerprint density at radius 1 is 0.938 bits per heavy atom. The Labute approximate surface area is 186 Å². The number of carbonyl (C=O) groups excluding carboxylic acids is 3. The Hall–Kier alpha value is -3.36. The topological polar surface area (TPSA) is 86.7 Å². The molecule has 0 bridgehead atoms. The largest absolute Gasteiger partial charge is 0.342 e. The number of nitrogens with zero attached hydrogens (tertiary/aromatic N) is 5. The average Bonchev–Trinajstić information content (AvgIpc) is 2.85. The van der Waals surface area contributed by atoms with E-state index in [1.807, 2.05) is 0 Å². The van der Waals surface area contributed by atoms with Crippen molar-refractivity contribution in [2.24, 2.45) is 5.92 Å². The van der Waals surface area contributed by atoms with E-state index in [1.54, 1.807) is 26.8 Å². The molecule has 32 heavy (non-hydrogen) atoms. The maximum absolute atomic E-state index is 13.1. The summed E-state index contributed by atoms with van der Waals surface area (Å²) in [6.45, 7) is 2.85. The minimum absolute atomic E-state index is 0.0379. The first kappa shape index (κ1) is 21.9. The molecule has 3 amide bonds. The molecule has 2 fully saturated rings. The Morgan fingerprint density at radius 3 is 2.34 bits per heavy atom. The summed E-state index contributed by atoms with van der Waals surface area (Å²) < 4.78 is 13.1. The van der Waals surface area contributed by atoms with Crippen molar-refractivity contribution < 1.29 is 18.8 Å². The van der Waals surface area contributed by atoms with Gasteiger partial charge < -0.3 is 14.7 Å². The smallest absolute Gasteiger partial charge is 0.274 e. The van der Waals surface area contributed by atoms with Gasteiger partial charge in [-0.3, -0.25) is 19.4 Å². The number of likely N-dealkylation sites (tertiary alicyclic amines) is 1. The zero-order valence-electron chi connectivity index (χ0n) is 17.8. The van der Waals surface area contributed by atoms with Crippen molar-refractivity contribution in [1.82, 2.24) is 24.7 Å². The van der Waals surface area contributed by atoms with Crippen molar-refractivity contribution in [3.63, 3.8) is 0 Å². The predicted molar refractivity (Wildman–Crippen MR) is 114 cm³/mol. The van der Waals surface area contributed by atoms with Gasteiger partial charge in [0.05, 0.1) is 18.5 Å². The molecule has 2 aliphatic heterocycles. The fraction of sp³-hybridized carbons (Fsp3) is 0.435. The number of piperidine rings is 1. The number of hydrogen-bond donors (Lipinski definition) is 0. The standard InChI is InChI=1S/C23H26FN5O3/c24-19-5-3-17(4-6-19)14-21(30)29-9-1-2-18(16-29)22(31)27-10-12-28(13-11-27)23(32)20-15-25-7-8-26-20/h3-8,15,18H,1-2,9-14,16H2. The van der Waals surface area contributed by atoms with Gasteiger partial charge in [-0.15, -0.1) is 0 Å². The zero-order chi connectivity index (χ0) is 22.5. The molecular formula is C23H26FN5O3. The van der Waals surface area contributed by atoms with Crippen LogP contribution in [0.1, 0.15) is 28.9 Å². The summed E-state index contributed by atoms with van der Waals surface area (Å²) in [7, 11) is 0. The van der Waals surface area contributed by atoms with Gasteiger partial charge in [0.2, 0.25) is 11.8 Å². The average molecular weight is 439 g/mol. The van der Waals surface area contributed by atoms with E-state index in [2.05, 4.69) is 9.97 Å². The van der Waals surface area contributed by atoms with E-state index in [-0.39, 0.29) is 35.9 Å². The Morgan fingerprint density at radius 2 is 1.66 bits per heavy atom. The van der Waals surface area contributed by atoms with Crippen LogP contribution in [-0.4, -0.2) is 81.7 Å². The third kappa shape index (κ3) is 5.09. The van der Waals surface area contributed by atoms with Crippen LogP contribution in [0.15, 0.2) is 42.9 Å². The Bertz CT molecular complexity index is 961. The molecule has 1 atom stereocenters. The number of amides is 3. The quantitative estimate of drug-likeness (QED) is 0.719. The lowest BCUT2D eigenvalue weighted by Crippen LogP contribution is -2.54. The SMILES string of the molecule is O=C(Cc1ccc(F)cc1)N1CCCC(C(=O)N2CCN(C(=O)c3cnccn3)CC2)C1. The molecule has 2 aromatic rings. The molecule has 0 spiro atoms. The van der Waals surface area contributed by atoms with Crippen LogP contribution in [0, 0.1) is 11.7 Å². The fourth-order valence-electron chi connectivity index (χ4n) is 4.25. The van der Waals surface area contributed by atoms with Crippen molar-refractivity contribution in [3.05, 3.63) is 59.9 Å². The molecule has 3 heterocycles. The van der Waals surface area contributed by atoms with Gasteiger partial charge in [-0.05, 0) is 30.5 Å². The molecule has 0 saturated carbocycles. The monoisotopic (exact) mass is 439 g/mol. The molecule has 168 valence electrons. The van der Waals surface area contributed by atoms with Gasteiger partial charge >= 0.3 is 0 Å². The number of rotatable bonds is 4. The van der Waals surface area contributed by atoms with E-state index in [0.717, 1.165) is 18.4 Å². The van der Waals surface area contributed by atoms with Crippen LogP contribution in [0.5, 0.6) is 0 Å². The van der Waals surface area contributed by atoms with Crippen molar-refractivity contribution in [2.45, 2.75) is 19.3 Å². The van der Waals surface area contributed by atoms with E-state index < -0.39 is 0 Å². The van der Waals surface area contributed by atoms with E-state index in [1.165, 1.54) is 30.7 Å². The number of piperazine rings is 1. The van der Waals surface area contributed by atoms with Gasteiger partial charge in [-0.1, -0.05) is 12.1 Å². The first-order chi connectivity index (χ1) is 15.5. The highest BCUT2D eigenvalue weighted by Crippen LogP contribution is 2.21. The second kappa shape index (κ2) is 9.84. The molecule has 9 heteroatoms. The minimum atomic E-state index is -0.330. The summed E-state index contributed by atoms with van der Waals surface area (Å²) in [5.41, 5.74) is 1.06. The highest BCUT2D eigenvalue weighted by atomic mass is 19.1. The molecule has 0 radical (unpaired) electrons. The molecule has 0 N–H and O–H groups in total. The highest BCUT2D eigenvalue weighted by Gasteiger charge is 2.33. The second-order valence-electron chi connectivity index (χ2n) is 8.19. The number of carbonyl (C=O) groups is 3. The lowest BCUT2D eigenvalue weighted by molar-refractivity contribution is -0.141. The maximum atomic E-state index is 13.1. The van der Waals surface area contributed by atoms with Gasteiger partial charge in [0.15, 0.2) is 0 Å². The van der Waals surface area contributed by atoms with E-state index >= 15 is 0 Å². The van der Waals surface area contributed by atoms with Crippen LogP contribution in [-0.2, 0) is 16.0 Å². The van der Waals surface area contributed by atoms with Crippen molar-refractivity contribution >= 4 is 17.7 Å². The van der Waals surface area contributed by atoms with Crippen LogP contribution >= 0.6 is 0 Å². The van der Waals surface area contributed by atoms with Crippen LogP contribution in [0.25, 0.3) is 0 Å². The number of benzene rings is 1. The molecule has 4 rings (SSSR count). The van der Waals surface area contributed by atoms with Crippen molar-refractivity contribution in [3.8, 4) is 0 Å². The summed E-state index contributed by atoms with van der Waals surface area (Å²) in [6, 6.07) is 5.92. The molecule has 8 nitrogen and oxygen atoms in total. The summed E-state index contributed by atoms with van der Waals surface area (Å²) in [4.78, 5) is 51.5. The minimum Gasteiger partial charge on any atom is -0.342 e. The molecule has 2 saturated heterocycles. The van der Waals surface area contributed by atoms with E-state index in [9.17, 15) is 18.8 Å². The lowest BCUT2D eigenvalue weighted by atomic mass is 9.95. The predicted octanol–water partition coefficient (Wildman–Crippen LogP) is 1.38. The zero-order valence-corrected chi connectivity index (χ0v) is 17.8. The van der Waals surface area contributed by atoms with E-state index in [0.29, 0.717) is 45.0 Å². The van der Waals surface area contributed by atoms with Crippen LogP contribution in [0.2, 0.25) is 0 Å². The summed E-state index contributed by atoms with van der Waals surface area (Å²) >= 11 is 0. The third-order valence-corrected chi connectivity index (χ3v) is 6.05. The summed E-state index contributed by atoms with van der Waals surface area (Å²) in [5, 5.41) is 0. The van der Waals surface area contributed by atoms with Gasteiger partial charge in [-0.2, -0.15) is 0 Å². The van der Waals surface area contributed by atoms with Crippen LogP contribution in [0.3, 0.4) is 0 Å². The number of halogens is 1. The number of aromatic nitrogens is 2. The van der Waals surface area contributed by atoms with Crippen molar-refractivity contribution in [2.75, 3.05) is 39.3 Å². The second-order valence-corrected chi connectivity index (χ2v) is 8.19. The first-order valence-electron chi connectivity index (χ1n) is 10.9. The molecule has 1 aromatic carbocycles. The summed E-state index contributed by atoms with van der Waals surface area (Å²) in [6.07, 6.45) is 6.17.